The van der Waals surface area contributed by atoms with Gasteiger partial charge in [0, 0.05) is 70.5 Å². The van der Waals surface area contributed by atoms with Crippen LogP contribution in [0.25, 0.3) is 44.2 Å². The van der Waals surface area contributed by atoms with Crippen LogP contribution in [0.1, 0.15) is 36.0 Å². The van der Waals surface area contributed by atoms with Gasteiger partial charge in [-0.15, -0.1) is 0 Å². The minimum atomic E-state index is -0.00382. The van der Waals surface area contributed by atoms with E-state index in [9.17, 15) is 4.79 Å². The van der Waals surface area contributed by atoms with Crippen molar-refractivity contribution in [2.75, 3.05) is 20.2 Å². The zero-order chi connectivity index (χ0) is 26.3. The monoisotopic (exact) mass is 517 g/mol. The van der Waals surface area contributed by atoms with Gasteiger partial charge in [0.1, 0.15) is 5.75 Å². The molecule has 5 aromatic rings. The molecule has 4 heterocycles. The number of carbonyl (C=O) groups excluding carboxylic acids is 1. The van der Waals surface area contributed by atoms with E-state index in [1.165, 1.54) is 12.8 Å². The summed E-state index contributed by atoms with van der Waals surface area (Å²) in [5.41, 5.74) is 6.45. The average Bonchev–Trinajstić information content (AvgIpc) is 3.78. The van der Waals surface area contributed by atoms with Gasteiger partial charge in [-0.1, -0.05) is 12.1 Å². The smallest absolute Gasteiger partial charge is 0.251 e. The topological polar surface area (TPSA) is 83.1 Å². The van der Waals surface area contributed by atoms with E-state index in [1.54, 1.807) is 13.3 Å². The van der Waals surface area contributed by atoms with Crippen LogP contribution in [0.3, 0.4) is 0 Å². The predicted molar refractivity (Wildman–Crippen MR) is 154 cm³/mol. The summed E-state index contributed by atoms with van der Waals surface area (Å²) >= 11 is 0. The summed E-state index contributed by atoms with van der Waals surface area (Å²) in [4.78, 5) is 28.1. The number of hydrogen-bond acceptors (Lipinski definition) is 5. The van der Waals surface area contributed by atoms with Crippen LogP contribution < -0.4 is 10.1 Å². The Kier molecular flexibility index (Phi) is 6.01. The van der Waals surface area contributed by atoms with Crippen molar-refractivity contribution in [1.29, 1.82) is 0 Å². The maximum Gasteiger partial charge on any atom is 0.251 e. The van der Waals surface area contributed by atoms with Gasteiger partial charge in [-0.05, 0) is 73.7 Å². The third kappa shape index (κ3) is 4.53. The minimum Gasteiger partial charge on any atom is -0.496 e. The molecule has 2 aliphatic rings. The van der Waals surface area contributed by atoms with Crippen LogP contribution in [0.2, 0.25) is 0 Å². The number of pyridine rings is 2. The fourth-order valence-corrected chi connectivity index (χ4v) is 5.91. The number of rotatable bonds is 6. The van der Waals surface area contributed by atoms with Crippen molar-refractivity contribution in [3.8, 4) is 28.1 Å². The van der Waals surface area contributed by atoms with Gasteiger partial charge in [0.05, 0.1) is 24.5 Å². The van der Waals surface area contributed by atoms with Gasteiger partial charge in [-0.2, -0.15) is 0 Å². The molecule has 0 radical (unpaired) electrons. The summed E-state index contributed by atoms with van der Waals surface area (Å²) in [7, 11) is 1.69. The molecule has 1 saturated heterocycles. The molecule has 7 nitrogen and oxygen atoms in total. The summed E-state index contributed by atoms with van der Waals surface area (Å²) in [5.74, 6) is 0.777. The fraction of sp³-hybridized carbons (Fsp3) is 0.281. The van der Waals surface area contributed by atoms with Crippen LogP contribution in [0.4, 0.5) is 0 Å². The zero-order valence-electron chi connectivity index (χ0n) is 22.0. The molecule has 2 fully saturated rings. The number of aromatic amines is 1. The lowest BCUT2D eigenvalue weighted by Crippen LogP contribution is -2.45. The molecule has 3 aromatic heterocycles. The number of H-pyrrole nitrogens is 1. The molecule has 39 heavy (non-hydrogen) atoms. The van der Waals surface area contributed by atoms with Gasteiger partial charge in [0.2, 0.25) is 0 Å². The van der Waals surface area contributed by atoms with Gasteiger partial charge in [-0.3, -0.25) is 14.8 Å². The fourth-order valence-electron chi connectivity index (χ4n) is 5.91. The van der Waals surface area contributed by atoms with Gasteiger partial charge >= 0.3 is 0 Å². The van der Waals surface area contributed by atoms with E-state index in [1.807, 2.05) is 60.9 Å². The maximum atomic E-state index is 13.1. The SMILES string of the molecule is COc1ccc2[nH]c3cnc(-c4cccnc4)cc3c2c1-c1ccc(C(=O)NC2CCN(C3CC3)CC2)cc1. The number of nitrogens with zero attached hydrogens (tertiary/aromatic N) is 3. The summed E-state index contributed by atoms with van der Waals surface area (Å²) < 4.78 is 5.83. The molecule has 7 rings (SSSR count). The number of nitrogens with one attached hydrogen (secondary N) is 2. The van der Waals surface area contributed by atoms with E-state index < -0.39 is 0 Å². The molecule has 1 amide bonds. The van der Waals surface area contributed by atoms with Crippen LogP contribution >= 0.6 is 0 Å². The highest BCUT2D eigenvalue weighted by Gasteiger charge is 2.32. The lowest BCUT2D eigenvalue weighted by molar-refractivity contribution is 0.0909. The van der Waals surface area contributed by atoms with Crippen molar-refractivity contribution in [3.05, 3.63) is 78.8 Å². The second-order valence-electron chi connectivity index (χ2n) is 10.6. The largest absolute Gasteiger partial charge is 0.496 e. The van der Waals surface area contributed by atoms with Crippen molar-refractivity contribution < 1.29 is 9.53 Å². The van der Waals surface area contributed by atoms with E-state index in [4.69, 9.17) is 4.74 Å². The second-order valence-corrected chi connectivity index (χ2v) is 10.6. The first-order valence-corrected chi connectivity index (χ1v) is 13.7. The predicted octanol–water partition coefficient (Wildman–Crippen LogP) is 5.81. The number of likely N-dealkylation sites (tertiary alicyclic amines) is 1. The number of benzene rings is 2. The standard InChI is InChI=1S/C32H31N5O2/c1-39-29-11-10-26-31(25-17-27(34-19-28(25)36-26)22-3-2-14-33-18-22)30(29)20-4-6-21(7-5-20)32(38)35-23-12-15-37(16-13-23)24-8-9-24/h2-7,10-11,14,17-19,23-24,36H,8-9,12-13,15-16H2,1H3,(H,35,38). The number of ether oxygens (including phenoxy) is 1. The molecule has 196 valence electrons. The molecule has 0 bridgehead atoms. The first kappa shape index (κ1) is 23.9. The van der Waals surface area contributed by atoms with Crippen molar-refractivity contribution in [3.63, 3.8) is 0 Å². The number of aromatic nitrogens is 3. The third-order valence-corrected chi connectivity index (χ3v) is 8.15. The first-order chi connectivity index (χ1) is 19.2. The highest BCUT2D eigenvalue weighted by Crippen LogP contribution is 2.41. The summed E-state index contributed by atoms with van der Waals surface area (Å²) in [6.07, 6.45) is 10.2. The van der Waals surface area contributed by atoms with Crippen LogP contribution in [0, 0.1) is 0 Å². The molecule has 0 unspecified atom stereocenters. The Morgan fingerprint density at radius 3 is 2.51 bits per heavy atom. The molecule has 1 aliphatic carbocycles. The highest BCUT2D eigenvalue weighted by molar-refractivity contribution is 6.16. The van der Waals surface area contributed by atoms with Crippen LogP contribution in [0.5, 0.6) is 5.75 Å². The van der Waals surface area contributed by atoms with Crippen molar-refractivity contribution in [1.82, 2.24) is 25.2 Å². The number of hydrogen-bond donors (Lipinski definition) is 2. The Morgan fingerprint density at radius 2 is 1.79 bits per heavy atom. The zero-order valence-corrected chi connectivity index (χ0v) is 22.0. The van der Waals surface area contributed by atoms with E-state index in [2.05, 4.69) is 31.2 Å². The molecule has 7 heteroatoms. The Morgan fingerprint density at radius 1 is 0.974 bits per heavy atom. The van der Waals surface area contributed by atoms with Gasteiger partial charge in [0.15, 0.2) is 0 Å². The minimum absolute atomic E-state index is 0.00382. The van der Waals surface area contributed by atoms with E-state index in [0.29, 0.717) is 5.56 Å². The Bertz CT molecular complexity index is 1650. The Hall–Kier alpha value is -4.23. The molecule has 2 aromatic carbocycles. The van der Waals surface area contributed by atoms with E-state index in [-0.39, 0.29) is 11.9 Å². The molecule has 0 spiro atoms. The molecule has 0 atom stereocenters. The average molecular weight is 518 g/mol. The van der Waals surface area contributed by atoms with Crippen molar-refractivity contribution in [2.24, 2.45) is 0 Å². The maximum absolute atomic E-state index is 13.1. The number of carbonyl (C=O) groups is 1. The Labute approximate surface area is 227 Å². The highest BCUT2D eigenvalue weighted by atomic mass is 16.5. The van der Waals surface area contributed by atoms with Gasteiger partial charge in [0.25, 0.3) is 5.91 Å². The Balaban J connectivity index is 1.20. The van der Waals surface area contributed by atoms with E-state index in [0.717, 1.165) is 81.9 Å². The summed E-state index contributed by atoms with van der Waals surface area (Å²) in [6, 6.07) is 19.0. The number of methoxy groups -OCH3 is 1. The molecule has 1 aliphatic heterocycles. The third-order valence-electron chi connectivity index (χ3n) is 8.15. The molecule has 2 N–H and O–H groups in total. The van der Waals surface area contributed by atoms with Crippen LogP contribution in [-0.2, 0) is 0 Å². The van der Waals surface area contributed by atoms with Gasteiger partial charge in [-0.25, -0.2) is 0 Å². The van der Waals surface area contributed by atoms with Gasteiger partial charge < -0.3 is 19.9 Å². The van der Waals surface area contributed by atoms with Crippen LogP contribution in [0.15, 0.2) is 73.2 Å². The van der Waals surface area contributed by atoms with Crippen molar-refractivity contribution >= 4 is 27.7 Å². The summed E-state index contributed by atoms with van der Waals surface area (Å²) in [6.45, 7) is 2.17. The number of amides is 1. The van der Waals surface area contributed by atoms with E-state index >= 15 is 0 Å². The molecular weight excluding hydrogens is 486 g/mol. The lowest BCUT2D eigenvalue weighted by atomic mass is 9.97. The number of piperidine rings is 1. The normalized spacial score (nSPS) is 16.5. The molecular formula is C32H31N5O2. The molecule has 1 saturated carbocycles. The second kappa shape index (κ2) is 9.82. The number of fused-ring (bicyclic) bond motifs is 3. The lowest BCUT2D eigenvalue weighted by Gasteiger charge is -2.32. The van der Waals surface area contributed by atoms with Crippen LogP contribution in [-0.4, -0.2) is 58.0 Å². The van der Waals surface area contributed by atoms with Crippen molar-refractivity contribution in [2.45, 2.75) is 37.8 Å². The quantitative estimate of drug-likeness (QED) is 0.297. The first-order valence-electron chi connectivity index (χ1n) is 13.7. The summed E-state index contributed by atoms with van der Waals surface area (Å²) in [5, 5.41) is 5.39.